The lowest BCUT2D eigenvalue weighted by Gasteiger charge is -2.09. The van der Waals surface area contributed by atoms with E-state index in [0.717, 1.165) is 11.0 Å². The number of halogens is 2. The summed E-state index contributed by atoms with van der Waals surface area (Å²) in [5.41, 5.74) is 3.65. The van der Waals surface area contributed by atoms with E-state index in [2.05, 4.69) is 20.3 Å². The molecule has 0 aliphatic carbocycles. The Morgan fingerprint density at radius 2 is 1.70 bits per heavy atom. The Morgan fingerprint density at radius 1 is 0.889 bits per heavy atom. The fourth-order valence-corrected chi connectivity index (χ4v) is 2.99. The number of nitrogens with zero attached hydrogens (tertiary/aromatic N) is 3. The maximum absolute atomic E-state index is 12.4. The number of hydrogen-bond acceptors (Lipinski definition) is 4. The molecular formula is C20H12Cl2N4O. The first-order valence-corrected chi connectivity index (χ1v) is 8.81. The Labute approximate surface area is 165 Å². The number of carbonyl (C=O) groups excluding carboxylic acids is 1. The van der Waals surface area contributed by atoms with Crippen LogP contribution in [0, 0.1) is 0 Å². The fraction of sp³-hybridized carbons (Fsp3) is 0. The number of para-hydroxylation sites is 2. The van der Waals surface area contributed by atoms with Crippen molar-refractivity contribution in [1.29, 1.82) is 0 Å². The van der Waals surface area contributed by atoms with E-state index in [1.165, 1.54) is 0 Å². The Hall–Kier alpha value is -3.02. The summed E-state index contributed by atoms with van der Waals surface area (Å²) >= 11 is 12.2. The number of aromatic nitrogens is 3. The maximum Gasteiger partial charge on any atom is 0.274 e. The second-order valence-corrected chi connectivity index (χ2v) is 6.53. The van der Waals surface area contributed by atoms with E-state index in [4.69, 9.17) is 23.2 Å². The molecule has 2 aromatic carbocycles. The summed E-state index contributed by atoms with van der Waals surface area (Å²) in [5, 5.41) is 3.56. The zero-order valence-electron chi connectivity index (χ0n) is 13.9. The van der Waals surface area contributed by atoms with Gasteiger partial charge in [-0.05, 0) is 42.5 Å². The molecule has 0 saturated carbocycles. The molecule has 0 aliphatic rings. The van der Waals surface area contributed by atoms with Gasteiger partial charge < -0.3 is 5.32 Å². The highest BCUT2D eigenvalue weighted by atomic mass is 35.5. The van der Waals surface area contributed by atoms with Crippen molar-refractivity contribution in [3.8, 4) is 11.3 Å². The second kappa shape index (κ2) is 7.31. The highest BCUT2D eigenvalue weighted by Crippen LogP contribution is 2.30. The topological polar surface area (TPSA) is 67.8 Å². The van der Waals surface area contributed by atoms with Crippen LogP contribution in [-0.2, 0) is 0 Å². The number of nitrogens with one attached hydrogen (secondary N) is 1. The monoisotopic (exact) mass is 394 g/mol. The lowest BCUT2D eigenvalue weighted by atomic mass is 10.1. The van der Waals surface area contributed by atoms with Crippen LogP contribution >= 0.6 is 23.2 Å². The summed E-state index contributed by atoms with van der Waals surface area (Å²) in [7, 11) is 0. The van der Waals surface area contributed by atoms with Crippen molar-refractivity contribution in [3.05, 3.63) is 82.7 Å². The molecule has 0 unspecified atom stereocenters. The zero-order chi connectivity index (χ0) is 18.8. The molecule has 5 nitrogen and oxygen atoms in total. The van der Waals surface area contributed by atoms with E-state index in [-0.39, 0.29) is 16.8 Å². The number of carbonyl (C=O) groups is 1. The standard InChI is InChI=1S/C20H12Cl2N4O/c21-14-9-8-12(24-20(27)17-6-3-7-19(22)26-17)10-13(14)18-11-23-15-4-1-2-5-16(15)25-18/h1-11H,(H,24,27). The summed E-state index contributed by atoms with van der Waals surface area (Å²) in [4.78, 5) is 25.4. The Morgan fingerprint density at radius 3 is 2.52 bits per heavy atom. The van der Waals surface area contributed by atoms with Crippen LogP contribution in [0.1, 0.15) is 10.5 Å². The average Bonchev–Trinajstić information content (AvgIpc) is 2.69. The molecule has 27 heavy (non-hydrogen) atoms. The minimum absolute atomic E-state index is 0.226. The average molecular weight is 395 g/mol. The molecule has 0 radical (unpaired) electrons. The molecule has 0 spiro atoms. The Bertz CT molecular complexity index is 1160. The summed E-state index contributed by atoms with van der Waals surface area (Å²) in [6.07, 6.45) is 1.66. The largest absolute Gasteiger partial charge is 0.321 e. The normalized spacial score (nSPS) is 10.7. The number of benzene rings is 2. The van der Waals surface area contributed by atoms with Crippen LogP contribution in [-0.4, -0.2) is 20.9 Å². The molecule has 2 aromatic heterocycles. The predicted molar refractivity (Wildman–Crippen MR) is 107 cm³/mol. The fourth-order valence-electron chi connectivity index (χ4n) is 2.62. The van der Waals surface area contributed by atoms with Crippen molar-refractivity contribution in [2.75, 3.05) is 5.32 Å². The van der Waals surface area contributed by atoms with Crippen LogP contribution in [0.2, 0.25) is 10.2 Å². The molecule has 0 atom stereocenters. The van der Waals surface area contributed by atoms with Gasteiger partial charge in [-0.3, -0.25) is 9.78 Å². The molecule has 1 amide bonds. The second-order valence-electron chi connectivity index (χ2n) is 5.74. The van der Waals surface area contributed by atoms with Crippen LogP contribution in [0.3, 0.4) is 0 Å². The molecule has 2 heterocycles. The third-order valence-corrected chi connectivity index (χ3v) is 4.44. The van der Waals surface area contributed by atoms with Gasteiger partial charge in [0.1, 0.15) is 10.8 Å². The van der Waals surface area contributed by atoms with Crippen molar-refractivity contribution in [3.63, 3.8) is 0 Å². The quantitative estimate of drug-likeness (QED) is 0.481. The van der Waals surface area contributed by atoms with Gasteiger partial charge in [-0.25, -0.2) is 9.97 Å². The smallest absolute Gasteiger partial charge is 0.274 e. The summed E-state index contributed by atoms with van der Waals surface area (Å²) in [6, 6.07) is 17.6. The van der Waals surface area contributed by atoms with Crippen molar-refractivity contribution in [2.24, 2.45) is 0 Å². The van der Waals surface area contributed by atoms with Crippen LogP contribution in [0.4, 0.5) is 5.69 Å². The minimum Gasteiger partial charge on any atom is -0.321 e. The van der Waals surface area contributed by atoms with Crippen molar-refractivity contribution in [1.82, 2.24) is 15.0 Å². The molecule has 4 rings (SSSR count). The summed E-state index contributed by atoms with van der Waals surface area (Å²) in [6.45, 7) is 0. The number of hydrogen-bond donors (Lipinski definition) is 1. The number of pyridine rings is 1. The summed E-state index contributed by atoms with van der Waals surface area (Å²) in [5.74, 6) is -0.365. The van der Waals surface area contributed by atoms with Crippen LogP contribution in [0.5, 0.6) is 0 Å². The van der Waals surface area contributed by atoms with Crippen LogP contribution < -0.4 is 5.32 Å². The Kier molecular flexibility index (Phi) is 4.71. The van der Waals surface area contributed by atoms with Gasteiger partial charge in [0.2, 0.25) is 0 Å². The Balaban J connectivity index is 1.67. The maximum atomic E-state index is 12.4. The van der Waals surface area contributed by atoms with E-state index >= 15 is 0 Å². The van der Waals surface area contributed by atoms with Gasteiger partial charge in [0.25, 0.3) is 5.91 Å². The van der Waals surface area contributed by atoms with E-state index in [1.807, 2.05) is 24.3 Å². The first-order chi connectivity index (χ1) is 13.1. The molecule has 1 N–H and O–H groups in total. The van der Waals surface area contributed by atoms with E-state index in [9.17, 15) is 4.79 Å². The van der Waals surface area contributed by atoms with Gasteiger partial charge >= 0.3 is 0 Å². The first kappa shape index (κ1) is 17.4. The van der Waals surface area contributed by atoms with E-state index < -0.39 is 0 Å². The van der Waals surface area contributed by atoms with Gasteiger partial charge in [-0.1, -0.05) is 41.4 Å². The van der Waals surface area contributed by atoms with Crippen LogP contribution in [0.15, 0.2) is 66.9 Å². The van der Waals surface area contributed by atoms with Crippen molar-refractivity contribution < 1.29 is 4.79 Å². The molecular weight excluding hydrogens is 383 g/mol. The van der Waals surface area contributed by atoms with Gasteiger partial charge in [-0.2, -0.15) is 0 Å². The number of rotatable bonds is 3. The van der Waals surface area contributed by atoms with Crippen LogP contribution in [0.25, 0.3) is 22.3 Å². The lowest BCUT2D eigenvalue weighted by Crippen LogP contribution is -2.13. The molecule has 4 aromatic rings. The summed E-state index contributed by atoms with van der Waals surface area (Å²) < 4.78 is 0. The lowest BCUT2D eigenvalue weighted by molar-refractivity contribution is 0.102. The molecule has 0 saturated heterocycles. The minimum atomic E-state index is -0.365. The molecule has 0 bridgehead atoms. The van der Waals surface area contributed by atoms with Gasteiger partial charge in [0, 0.05) is 11.3 Å². The number of anilines is 1. The third-order valence-electron chi connectivity index (χ3n) is 3.90. The molecule has 132 valence electrons. The molecule has 0 aliphatic heterocycles. The van der Waals surface area contributed by atoms with Gasteiger partial charge in [0.05, 0.1) is 27.9 Å². The highest BCUT2D eigenvalue weighted by Gasteiger charge is 2.12. The van der Waals surface area contributed by atoms with Gasteiger partial charge in [0.15, 0.2) is 0 Å². The highest BCUT2D eigenvalue weighted by molar-refractivity contribution is 6.33. The zero-order valence-corrected chi connectivity index (χ0v) is 15.4. The molecule has 7 heteroatoms. The predicted octanol–water partition coefficient (Wildman–Crippen LogP) is 5.25. The van der Waals surface area contributed by atoms with Crippen molar-refractivity contribution >= 4 is 45.8 Å². The van der Waals surface area contributed by atoms with E-state index in [0.29, 0.717) is 22.0 Å². The third kappa shape index (κ3) is 3.74. The van der Waals surface area contributed by atoms with Crippen molar-refractivity contribution in [2.45, 2.75) is 0 Å². The number of amides is 1. The first-order valence-electron chi connectivity index (χ1n) is 8.06. The van der Waals surface area contributed by atoms with Gasteiger partial charge in [-0.15, -0.1) is 0 Å². The molecule has 0 fully saturated rings. The van der Waals surface area contributed by atoms with E-state index in [1.54, 1.807) is 42.6 Å². The SMILES string of the molecule is O=C(Nc1ccc(Cl)c(-c2cnc3ccccc3n2)c1)c1cccc(Cl)n1. The number of fused-ring (bicyclic) bond motifs is 1.